The summed E-state index contributed by atoms with van der Waals surface area (Å²) in [6.45, 7) is 6.45. The number of ketones is 1. The molecule has 0 aliphatic rings. The fourth-order valence-electron chi connectivity index (χ4n) is 2.60. The van der Waals surface area contributed by atoms with Gasteiger partial charge in [0.1, 0.15) is 5.76 Å². The number of furan rings is 1. The van der Waals surface area contributed by atoms with E-state index in [2.05, 4.69) is 20.1 Å². The zero-order valence-corrected chi connectivity index (χ0v) is 14.9. The van der Waals surface area contributed by atoms with Gasteiger partial charge in [0.2, 0.25) is 5.16 Å². The largest absolute Gasteiger partial charge is 0.467 e. The van der Waals surface area contributed by atoms with Crippen molar-refractivity contribution in [1.29, 1.82) is 0 Å². The van der Waals surface area contributed by atoms with E-state index in [9.17, 15) is 4.79 Å². The first-order chi connectivity index (χ1) is 11.5. The summed E-state index contributed by atoms with van der Waals surface area (Å²) in [6, 6.07) is 5.73. The van der Waals surface area contributed by atoms with Gasteiger partial charge in [-0.25, -0.2) is 4.68 Å². The van der Waals surface area contributed by atoms with Gasteiger partial charge in [-0.2, -0.15) is 0 Å². The van der Waals surface area contributed by atoms with Gasteiger partial charge in [-0.1, -0.05) is 11.8 Å². The van der Waals surface area contributed by atoms with Gasteiger partial charge in [0.25, 0.3) is 0 Å². The van der Waals surface area contributed by atoms with Crippen molar-refractivity contribution in [2.24, 2.45) is 7.05 Å². The van der Waals surface area contributed by atoms with Crippen molar-refractivity contribution < 1.29 is 9.21 Å². The molecule has 0 N–H and O–H groups in total. The molecule has 0 saturated heterocycles. The monoisotopic (exact) mass is 345 g/mol. The first kappa shape index (κ1) is 16.5. The molecule has 24 heavy (non-hydrogen) atoms. The number of carbonyl (C=O) groups is 1. The lowest BCUT2D eigenvalue weighted by Gasteiger charge is -2.10. The number of hydrogen-bond donors (Lipinski definition) is 0. The average molecular weight is 345 g/mol. The quantitative estimate of drug-likeness (QED) is 0.505. The Morgan fingerprint density at radius 3 is 2.83 bits per heavy atom. The minimum atomic E-state index is -0.271. The van der Waals surface area contributed by atoms with Crippen molar-refractivity contribution in [1.82, 2.24) is 24.8 Å². The van der Waals surface area contributed by atoms with Crippen LogP contribution in [0, 0.1) is 13.8 Å². The second-order valence-electron chi connectivity index (χ2n) is 5.66. The molecule has 0 fully saturated rings. The van der Waals surface area contributed by atoms with Crippen molar-refractivity contribution in [2.75, 3.05) is 0 Å². The van der Waals surface area contributed by atoms with Gasteiger partial charge in [0, 0.05) is 24.0 Å². The number of hydrogen-bond acceptors (Lipinski definition) is 6. The Balaban J connectivity index is 1.81. The van der Waals surface area contributed by atoms with Crippen molar-refractivity contribution in [3.05, 3.63) is 47.2 Å². The summed E-state index contributed by atoms with van der Waals surface area (Å²) >= 11 is 1.36. The van der Waals surface area contributed by atoms with E-state index in [1.54, 1.807) is 18.0 Å². The second-order valence-corrected chi connectivity index (χ2v) is 6.97. The molecular weight excluding hydrogens is 326 g/mol. The molecule has 7 nitrogen and oxygen atoms in total. The van der Waals surface area contributed by atoms with Gasteiger partial charge in [-0.3, -0.25) is 4.79 Å². The Kier molecular flexibility index (Phi) is 4.57. The average Bonchev–Trinajstić information content (AvgIpc) is 3.26. The molecule has 8 heteroatoms. The van der Waals surface area contributed by atoms with Gasteiger partial charge >= 0.3 is 0 Å². The van der Waals surface area contributed by atoms with Crippen LogP contribution in [0.1, 0.15) is 34.4 Å². The minimum absolute atomic E-state index is 0.0711. The molecule has 0 aliphatic carbocycles. The topological polar surface area (TPSA) is 78.7 Å². The third-order valence-electron chi connectivity index (χ3n) is 3.97. The minimum Gasteiger partial charge on any atom is -0.467 e. The summed E-state index contributed by atoms with van der Waals surface area (Å²) in [5, 5.41) is 11.7. The van der Waals surface area contributed by atoms with E-state index < -0.39 is 0 Å². The number of nitrogens with zero attached hydrogens (tertiary/aromatic N) is 5. The van der Waals surface area contributed by atoms with Crippen LogP contribution in [-0.4, -0.2) is 35.8 Å². The van der Waals surface area contributed by atoms with Crippen LogP contribution in [0.4, 0.5) is 0 Å². The molecule has 3 aromatic rings. The highest BCUT2D eigenvalue weighted by molar-refractivity contribution is 8.00. The maximum Gasteiger partial charge on any atom is 0.209 e. The van der Waals surface area contributed by atoms with Gasteiger partial charge in [0.05, 0.1) is 18.1 Å². The number of aryl methyl sites for hydroxylation is 2. The zero-order chi connectivity index (χ0) is 17.3. The van der Waals surface area contributed by atoms with Crippen molar-refractivity contribution >= 4 is 17.5 Å². The van der Waals surface area contributed by atoms with Gasteiger partial charge in [-0.05, 0) is 49.4 Å². The molecule has 0 unspecified atom stereocenters. The number of tetrazole rings is 1. The third kappa shape index (κ3) is 3.14. The SMILES string of the molecule is Cc1cc(C(=O)[C@H](C)Sc2nnnn2C)c(C)n1Cc1ccco1. The number of rotatable bonds is 6. The summed E-state index contributed by atoms with van der Waals surface area (Å²) in [7, 11) is 1.76. The molecule has 0 aromatic carbocycles. The predicted octanol–water partition coefficient (Wildman–Crippen LogP) is 2.63. The maximum absolute atomic E-state index is 12.8. The first-order valence-electron chi connectivity index (χ1n) is 7.59. The van der Waals surface area contributed by atoms with Gasteiger partial charge < -0.3 is 8.98 Å². The molecule has 0 aliphatic heterocycles. The highest BCUT2D eigenvalue weighted by Crippen LogP contribution is 2.26. The molecule has 126 valence electrons. The van der Waals surface area contributed by atoms with Crippen molar-refractivity contribution in [2.45, 2.75) is 37.7 Å². The van der Waals surface area contributed by atoms with Crippen molar-refractivity contribution in [3.8, 4) is 0 Å². The Morgan fingerprint density at radius 2 is 2.21 bits per heavy atom. The Labute approximate surface area is 144 Å². The first-order valence-corrected chi connectivity index (χ1v) is 8.47. The van der Waals surface area contributed by atoms with E-state index in [1.165, 1.54) is 11.8 Å². The van der Waals surface area contributed by atoms with Crippen LogP contribution in [0.2, 0.25) is 0 Å². The second kappa shape index (κ2) is 6.64. The van der Waals surface area contributed by atoms with Crippen LogP contribution in [0.5, 0.6) is 0 Å². The Morgan fingerprint density at radius 1 is 1.42 bits per heavy atom. The zero-order valence-electron chi connectivity index (χ0n) is 14.1. The normalized spacial score (nSPS) is 12.5. The number of thioether (sulfide) groups is 1. The fraction of sp³-hybridized carbons (Fsp3) is 0.375. The number of Topliss-reactive ketones (excluding diaryl/α,β-unsaturated/α-hetero) is 1. The molecular formula is C16H19N5O2S. The summed E-state index contributed by atoms with van der Waals surface area (Å²) in [6.07, 6.45) is 1.66. The van der Waals surface area contributed by atoms with E-state index in [0.717, 1.165) is 22.7 Å². The third-order valence-corrected chi connectivity index (χ3v) is 5.09. The molecule has 3 heterocycles. The molecule has 0 saturated carbocycles. The lowest BCUT2D eigenvalue weighted by Crippen LogP contribution is -2.15. The molecule has 1 atom stereocenters. The molecule has 3 aromatic heterocycles. The summed E-state index contributed by atoms with van der Waals surface area (Å²) in [5.41, 5.74) is 2.70. The lowest BCUT2D eigenvalue weighted by molar-refractivity contribution is 0.0993. The summed E-state index contributed by atoms with van der Waals surface area (Å²) < 4.78 is 9.07. The van der Waals surface area contributed by atoms with E-state index in [4.69, 9.17) is 4.42 Å². The van der Waals surface area contributed by atoms with E-state index in [1.807, 2.05) is 39.0 Å². The van der Waals surface area contributed by atoms with Gasteiger partial charge in [0.15, 0.2) is 5.78 Å². The highest BCUT2D eigenvalue weighted by atomic mass is 32.2. The number of aromatic nitrogens is 5. The lowest BCUT2D eigenvalue weighted by atomic mass is 10.1. The smallest absolute Gasteiger partial charge is 0.209 e. The molecule has 0 radical (unpaired) electrons. The van der Waals surface area contributed by atoms with Crippen molar-refractivity contribution in [3.63, 3.8) is 0 Å². The molecule has 0 bridgehead atoms. The number of carbonyl (C=O) groups excluding carboxylic acids is 1. The maximum atomic E-state index is 12.8. The van der Waals surface area contributed by atoms with Crippen LogP contribution in [0.3, 0.4) is 0 Å². The Bertz CT molecular complexity index is 850. The van der Waals surface area contributed by atoms with Crippen LogP contribution in [0.15, 0.2) is 34.0 Å². The van der Waals surface area contributed by atoms with Crippen LogP contribution < -0.4 is 0 Å². The van der Waals surface area contributed by atoms with Crippen LogP contribution >= 0.6 is 11.8 Å². The molecule has 3 rings (SSSR count). The summed E-state index contributed by atoms with van der Waals surface area (Å²) in [5.74, 6) is 0.935. The predicted molar refractivity (Wildman–Crippen MR) is 90.2 cm³/mol. The van der Waals surface area contributed by atoms with Crippen LogP contribution in [0.25, 0.3) is 0 Å². The standard InChI is InChI=1S/C16H19N5O2S/c1-10-8-14(11(2)21(10)9-13-6-5-7-23-13)15(22)12(3)24-16-17-18-19-20(16)4/h5-8,12H,9H2,1-4H3/t12-/m0/s1. The van der Waals surface area contributed by atoms with Crippen LogP contribution in [-0.2, 0) is 13.6 Å². The van der Waals surface area contributed by atoms with E-state index in [0.29, 0.717) is 11.7 Å². The van der Waals surface area contributed by atoms with Gasteiger partial charge in [-0.15, -0.1) is 5.10 Å². The van der Waals surface area contributed by atoms with E-state index in [-0.39, 0.29) is 11.0 Å². The van der Waals surface area contributed by atoms with E-state index >= 15 is 0 Å². The summed E-state index contributed by atoms with van der Waals surface area (Å²) in [4.78, 5) is 12.8. The Hall–Kier alpha value is -2.35. The highest BCUT2D eigenvalue weighted by Gasteiger charge is 2.23. The molecule has 0 amide bonds. The molecule has 0 spiro atoms. The fourth-order valence-corrected chi connectivity index (χ4v) is 3.43.